The molecule has 0 bridgehead atoms. The minimum absolute atomic E-state index is 0.00454. The van der Waals surface area contributed by atoms with E-state index in [9.17, 15) is 4.79 Å². The van der Waals surface area contributed by atoms with Crippen LogP contribution in [0.15, 0.2) is 24.3 Å². The number of halogens is 1. The van der Waals surface area contributed by atoms with E-state index in [1.54, 1.807) is 0 Å². The number of benzene rings is 1. The summed E-state index contributed by atoms with van der Waals surface area (Å²) in [7, 11) is 0. The number of carbonyl (C=O) groups excluding carboxylic acids is 1. The number of rotatable bonds is 7. The highest BCUT2D eigenvalue weighted by Gasteiger charge is 2.17. The molecule has 1 aromatic carbocycles. The van der Waals surface area contributed by atoms with Gasteiger partial charge in [0.15, 0.2) is 0 Å². The lowest BCUT2D eigenvalue weighted by Gasteiger charge is -2.20. The Hall–Kier alpha value is -1.06. The van der Waals surface area contributed by atoms with Gasteiger partial charge in [-0.1, -0.05) is 37.6 Å². The summed E-state index contributed by atoms with van der Waals surface area (Å²) in [5.41, 5.74) is 6.55. The Morgan fingerprint density at radius 2 is 2.00 bits per heavy atom. The van der Waals surface area contributed by atoms with E-state index in [1.165, 1.54) is 0 Å². The smallest absolute Gasteiger partial charge is 0.223 e. The van der Waals surface area contributed by atoms with Gasteiger partial charge in [0, 0.05) is 10.9 Å². The summed E-state index contributed by atoms with van der Waals surface area (Å²) in [6, 6.07) is 7.67. The van der Waals surface area contributed by atoms with Crippen molar-refractivity contribution in [1.82, 2.24) is 5.32 Å². The molecule has 0 heterocycles. The van der Waals surface area contributed by atoms with Crippen molar-refractivity contribution in [2.45, 2.75) is 39.2 Å². The van der Waals surface area contributed by atoms with E-state index in [0.717, 1.165) is 24.8 Å². The lowest BCUT2D eigenvalue weighted by molar-refractivity contribution is -0.125. The fourth-order valence-corrected chi connectivity index (χ4v) is 2.11. The van der Waals surface area contributed by atoms with Gasteiger partial charge in [0.25, 0.3) is 0 Å². The maximum atomic E-state index is 12.1. The molecule has 2 atom stereocenters. The number of nitrogens with one attached hydrogen (secondary N) is 1. The van der Waals surface area contributed by atoms with Gasteiger partial charge < -0.3 is 11.1 Å². The SMILES string of the molecule is CCC(NC(=O)C(C)CCCN)c1ccc(Cl)cc1. The Balaban J connectivity index is 2.61. The van der Waals surface area contributed by atoms with Gasteiger partial charge in [0.1, 0.15) is 0 Å². The Kier molecular flexibility index (Phi) is 6.89. The molecule has 0 aliphatic rings. The number of amides is 1. The van der Waals surface area contributed by atoms with Crippen molar-refractivity contribution in [3.63, 3.8) is 0 Å². The highest BCUT2D eigenvalue weighted by atomic mass is 35.5. The Morgan fingerprint density at radius 1 is 1.37 bits per heavy atom. The molecular weight excluding hydrogens is 260 g/mol. The minimum atomic E-state index is 0.00454. The van der Waals surface area contributed by atoms with Crippen LogP contribution in [0.3, 0.4) is 0 Å². The summed E-state index contributed by atoms with van der Waals surface area (Å²) < 4.78 is 0. The van der Waals surface area contributed by atoms with Crippen LogP contribution in [0.5, 0.6) is 0 Å². The average Bonchev–Trinajstić information content (AvgIpc) is 2.42. The fourth-order valence-electron chi connectivity index (χ4n) is 1.99. The molecule has 0 saturated heterocycles. The van der Waals surface area contributed by atoms with Gasteiger partial charge in [0.2, 0.25) is 5.91 Å². The Labute approximate surface area is 120 Å². The first-order valence-electron chi connectivity index (χ1n) is 6.84. The van der Waals surface area contributed by atoms with Gasteiger partial charge in [-0.05, 0) is 43.5 Å². The minimum Gasteiger partial charge on any atom is -0.349 e. The zero-order valence-electron chi connectivity index (χ0n) is 11.7. The molecule has 0 fully saturated rings. The van der Waals surface area contributed by atoms with Crippen LogP contribution >= 0.6 is 11.6 Å². The Bertz CT molecular complexity index is 392. The van der Waals surface area contributed by atoms with Crippen LogP contribution in [0.1, 0.15) is 44.7 Å². The summed E-state index contributed by atoms with van der Waals surface area (Å²) in [5.74, 6) is 0.0974. The maximum Gasteiger partial charge on any atom is 0.223 e. The fraction of sp³-hybridized carbons (Fsp3) is 0.533. The van der Waals surface area contributed by atoms with Gasteiger partial charge in [-0.15, -0.1) is 0 Å². The largest absolute Gasteiger partial charge is 0.349 e. The van der Waals surface area contributed by atoms with Crippen LogP contribution in [0.2, 0.25) is 5.02 Å². The van der Waals surface area contributed by atoms with E-state index in [4.69, 9.17) is 17.3 Å². The van der Waals surface area contributed by atoms with Crippen molar-refractivity contribution >= 4 is 17.5 Å². The zero-order chi connectivity index (χ0) is 14.3. The van der Waals surface area contributed by atoms with Crippen molar-refractivity contribution in [2.24, 2.45) is 11.7 Å². The molecule has 0 aromatic heterocycles. The lowest BCUT2D eigenvalue weighted by atomic mass is 10.0. The Morgan fingerprint density at radius 3 is 2.53 bits per heavy atom. The topological polar surface area (TPSA) is 55.1 Å². The molecule has 2 unspecified atom stereocenters. The second kappa shape index (κ2) is 8.18. The number of nitrogens with two attached hydrogens (primary N) is 1. The lowest BCUT2D eigenvalue weighted by Crippen LogP contribution is -2.32. The molecule has 3 N–H and O–H groups in total. The first-order valence-corrected chi connectivity index (χ1v) is 7.22. The first-order chi connectivity index (χ1) is 9.08. The predicted molar refractivity (Wildman–Crippen MR) is 80.1 cm³/mol. The van der Waals surface area contributed by atoms with E-state index in [2.05, 4.69) is 12.2 Å². The molecule has 19 heavy (non-hydrogen) atoms. The predicted octanol–water partition coefficient (Wildman–Crippen LogP) is 3.28. The second-order valence-corrected chi connectivity index (χ2v) is 5.29. The summed E-state index contributed by atoms with van der Waals surface area (Å²) in [6.07, 6.45) is 2.57. The van der Waals surface area contributed by atoms with Crippen LogP contribution in [0, 0.1) is 5.92 Å². The van der Waals surface area contributed by atoms with E-state index in [1.807, 2.05) is 31.2 Å². The van der Waals surface area contributed by atoms with Crippen molar-refractivity contribution in [2.75, 3.05) is 6.54 Å². The number of hydrogen-bond donors (Lipinski definition) is 2. The van der Waals surface area contributed by atoms with Crippen LogP contribution in [0.4, 0.5) is 0 Å². The molecule has 4 heteroatoms. The average molecular weight is 283 g/mol. The molecule has 1 amide bonds. The normalized spacial score (nSPS) is 13.9. The summed E-state index contributed by atoms with van der Waals surface area (Å²) in [5, 5.41) is 3.80. The van der Waals surface area contributed by atoms with E-state index in [-0.39, 0.29) is 17.9 Å². The molecule has 3 nitrogen and oxygen atoms in total. The summed E-state index contributed by atoms with van der Waals surface area (Å²) >= 11 is 5.87. The second-order valence-electron chi connectivity index (χ2n) is 4.85. The van der Waals surface area contributed by atoms with Crippen molar-refractivity contribution in [3.8, 4) is 0 Å². The van der Waals surface area contributed by atoms with Crippen molar-refractivity contribution in [3.05, 3.63) is 34.9 Å². The van der Waals surface area contributed by atoms with Crippen LogP contribution in [-0.4, -0.2) is 12.5 Å². The molecule has 106 valence electrons. The highest BCUT2D eigenvalue weighted by molar-refractivity contribution is 6.30. The van der Waals surface area contributed by atoms with Gasteiger partial charge >= 0.3 is 0 Å². The molecule has 0 aliphatic carbocycles. The molecule has 1 aromatic rings. The van der Waals surface area contributed by atoms with E-state index < -0.39 is 0 Å². The van der Waals surface area contributed by atoms with Gasteiger partial charge in [-0.2, -0.15) is 0 Å². The monoisotopic (exact) mass is 282 g/mol. The van der Waals surface area contributed by atoms with E-state index in [0.29, 0.717) is 11.6 Å². The molecule has 0 aliphatic heterocycles. The molecule has 1 rings (SSSR count). The summed E-state index contributed by atoms with van der Waals surface area (Å²) in [4.78, 5) is 12.1. The highest BCUT2D eigenvalue weighted by Crippen LogP contribution is 2.20. The van der Waals surface area contributed by atoms with Crippen LogP contribution in [0.25, 0.3) is 0 Å². The third-order valence-electron chi connectivity index (χ3n) is 3.29. The summed E-state index contributed by atoms with van der Waals surface area (Å²) in [6.45, 7) is 4.63. The standard InChI is InChI=1S/C15H23ClN2O/c1-3-14(12-6-8-13(16)9-7-12)18-15(19)11(2)5-4-10-17/h6-9,11,14H,3-5,10,17H2,1-2H3,(H,18,19). The molecule has 0 saturated carbocycles. The third kappa shape index (κ3) is 5.21. The maximum absolute atomic E-state index is 12.1. The zero-order valence-corrected chi connectivity index (χ0v) is 12.4. The first kappa shape index (κ1) is 16.0. The van der Waals surface area contributed by atoms with Gasteiger partial charge in [-0.25, -0.2) is 0 Å². The van der Waals surface area contributed by atoms with Crippen LogP contribution in [-0.2, 0) is 4.79 Å². The van der Waals surface area contributed by atoms with Crippen LogP contribution < -0.4 is 11.1 Å². The number of carbonyl (C=O) groups is 1. The van der Waals surface area contributed by atoms with E-state index >= 15 is 0 Å². The third-order valence-corrected chi connectivity index (χ3v) is 3.54. The molecule has 0 radical (unpaired) electrons. The van der Waals surface area contributed by atoms with Gasteiger partial charge in [0.05, 0.1) is 6.04 Å². The molecule has 0 spiro atoms. The number of hydrogen-bond acceptors (Lipinski definition) is 2. The van der Waals surface area contributed by atoms with Gasteiger partial charge in [-0.3, -0.25) is 4.79 Å². The molecular formula is C15H23ClN2O. The quantitative estimate of drug-likeness (QED) is 0.806. The van der Waals surface area contributed by atoms with Crippen molar-refractivity contribution in [1.29, 1.82) is 0 Å². The van der Waals surface area contributed by atoms with Crippen molar-refractivity contribution < 1.29 is 4.79 Å².